The van der Waals surface area contributed by atoms with E-state index in [1.165, 1.54) is 19.1 Å². The number of aromatic nitrogens is 1. The van der Waals surface area contributed by atoms with Crippen molar-refractivity contribution in [3.05, 3.63) is 23.4 Å². The number of carbonyl (C=O) groups is 3. The molecule has 37 heavy (non-hydrogen) atoms. The SMILES string of the molecule is CCC.CCc1ccc(CCCCN(CCOC)CCC(NC(=O)CNC(=O)OC)C(=O)O)nc1NC. The maximum absolute atomic E-state index is 11.9. The molecule has 0 fully saturated rings. The summed E-state index contributed by atoms with van der Waals surface area (Å²) < 4.78 is 9.58. The van der Waals surface area contributed by atoms with E-state index in [4.69, 9.17) is 4.74 Å². The topological polar surface area (TPSA) is 142 Å². The first-order chi connectivity index (χ1) is 17.8. The first-order valence-corrected chi connectivity index (χ1v) is 13.0. The molecule has 4 N–H and O–H groups in total. The van der Waals surface area contributed by atoms with E-state index in [1.54, 1.807) is 7.11 Å². The summed E-state index contributed by atoms with van der Waals surface area (Å²) in [6, 6.07) is 3.12. The molecule has 0 spiro atoms. The highest BCUT2D eigenvalue weighted by molar-refractivity contribution is 5.86. The number of carbonyl (C=O) groups excluding carboxylic acids is 2. The minimum absolute atomic E-state index is 0.231. The van der Waals surface area contributed by atoms with E-state index in [9.17, 15) is 19.5 Å². The molecule has 1 atom stereocenters. The highest BCUT2D eigenvalue weighted by Gasteiger charge is 2.21. The lowest BCUT2D eigenvalue weighted by Gasteiger charge is -2.24. The first-order valence-electron chi connectivity index (χ1n) is 13.0. The van der Waals surface area contributed by atoms with Gasteiger partial charge in [0.2, 0.25) is 5.91 Å². The van der Waals surface area contributed by atoms with Gasteiger partial charge in [-0.3, -0.25) is 4.79 Å². The number of rotatable bonds is 17. The van der Waals surface area contributed by atoms with E-state index >= 15 is 0 Å². The van der Waals surface area contributed by atoms with Crippen molar-refractivity contribution in [1.29, 1.82) is 0 Å². The van der Waals surface area contributed by atoms with Gasteiger partial charge in [-0.25, -0.2) is 14.6 Å². The number of carboxylic acid groups (broad SMARTS) is 1. The van der Waals surface area contributed by atoms with Crippen molar-refractivity contribution in [2.24, 2.45) is 0 Å². The second-order valence-corrected chi connectivity index (χ2v) is 8.50. The molecule has 0 saturated heterocycles. The summed E-state index contributed by atoms with van der Waals surface area (Å²) in [7, 11) is 4.68. The molecule has 1 unspecified atom stereocenters. The minimum atomic E-state index is -1.12. The maximum atomic E-state index is 11.9. The smallest absolute Gasteiger partial charge is 0.407 e. The van der Waals surface area contributed by atoms with E-state index < -0.39 is 24.0 Å². The maximum Gasteiger partial charge on any atom is 0.407 e. The van der Waals surface area contributed by atoms with Gasteiger partial charge in [-0.2, -0.15) is 0 Å². The molecule has 1 heterocycles. The Hall–Kier alpha value is -2.92. The minimum Gasteiger partial charge on any atom is -0.480 e. The molecule has 0 aromatic carbocycles. The lowest BCUT2D eigenvalue weighted by molar-refractivity contribution is -0.142. The largest absolute Gasteiger partial charge is 0.480 e. The Morgan fingerprint density at radius 3 is 2.35 bits per heavy atom. The molecule has 2 amide bonds. The summed E-state index contributed by atoms with van der Waals surface area (Å²) in [4.78, 5) is 41.4. The van der Waals surface area contributed by atoms with Gasteiger partial charge in [0.25, 0.3) is 0 Å². The van der Waals surface area contributed by atoms with Crippen LogP contribution in [0.5, 0.6) is 0 Å². The predicted octanol–water partition coefficient (Wildman–Crippen LogP) is 2.69. The van der Waals surface area contributed by atoms with E-state index in [0.29, 0.717) is 19.7 Å². The number of nitrogens with one attached hydrogen (secondary N) is 3. The van der Waals surface area contributed by atoms with E-state index in [1.807, 2.05) is 7.05 Å². The number of hydrogen-bond donors (Lipinski definition) is 4. The van der Waals surface area contributed by atoms with Crippen LogP contribution in [-0.4, -0.2) is 93.1 Å². The van der Waals surface area contributed by atoms with E-state index in [0.717, 1.165) is 43.7 Å². The number of unbranched alkanes of at least 4 members (excludes halogenated alkanes) is 1. The standard InChI is InChI=1S/C23H39N5O6.C3H8/c1-5-17-9-10-18(26-21(17)24-2)8-6-7-12-28(14-15-33-3)13-11-19(22(30)31)27-20(29)16-25-23(32)34-4;1-3-2/h9-10,19H,5-8,11-16H2,1-4H3,(H,24,26)(H,25,32)(H,27,29)(H,30,31);3H2,1-2H3. The van der Waals surface area contributed by atoms with Gasteiger partial charge in [0, 0.05) is 32.9 Å². The Morgan fingerprint density at radius 2 is 1.78 bits per heavy atom. The zero-order chi connectivity index (χ0) is 28.1. The van der Waals surface area contributed by atoms with Crippen molar-refractivity contribution < 1.29 is 29.0 Å². The average molecular weight is 526 g/mol. The van der Waals surface area contributed by atoms with Gasteiger partial charge >= 0.3 is 12.1 Å². The van der Waals surface area contributed by atoms with Crippen molar-refractivity contribution in [1.82, 2.24) is 20.5 Å². The quantitative estimate of drug-likeness (QED) is 0.226. The Bertz CT molecular complexity index is 793. The summed E-state index contributed by atoms with van der Waals surface area (Å²) in [5.41, 5.74) is 2.23. The first kappa shape index (κ1) is 34.1. The van der Waals surface area contributed by atoms with Crippen molar-refractivity contribution in [2.75, 3.05) is 59.4 Å². The third kappa shape index (κ3) is 15.7. The zero-order valence-corrected chi connectivity index (χ0v) is 23.4. The Morgan fingerprint density at radius 1 is 1.08 bits per heavy atom. The number of carboxylic acids is 1. The highest BCUT2D eigenvalue weighted by Crippen LogP contribution is 2.15. The number of hydrogen-bond acceptors (Lipinski definition) is 8. The summed E-state index contributed by atoms with van der Waals surface area (Å²) in [5.74, 6) is -0.797. The summed E-state index contributed by atoms with van der Waals surface area (Å²) >= 11 is 0. The van der Waals surface area contributed by atoms with Crippen LogP contribution in [0.25, 0.3) is 0 Å². The van der Waals surface area contributed by atoms with E-state index in [-0.39, 0.29) is 13.0 Å². The number of nitrogens with zero attached hydrogens (tertiary/aromatic N) is 2. The number of aryl methyl sites for hydroxylation is 2. The molecule has 1 aromatic rings. The number of anilines is 1. The van der Waals surface area contributed by atoms with Crippen molar-refractivity contribution >= 4 is 23.8 Å². The van der Waals surface area contributed by atoms with Gasteiger partial charge in [-0.05, 0) is 50.3 Å². The lowest BCUT2D eigenvalue weighted by atomic mass is 10.1. The van der Waals surface area contributed by atoms with E-state index in [2.05, 4.69) is 63.5 Å². The number of ether oxygens (including phenoxy) is 2. The second kappa shape index (κ2) is 21.2. The molecule has 1 aromatic heterocycles. The van der Waals surface area contributed by atoms with Crippen molar-refractivity contribution in [3.63, 3.8) is 0 Å². The molecule has 212 valence electrons. The fourth-order valence-electron chi connectivity index (χ4n) is 3.41. The molecular weight excluding hydrogens is 478 g/mol. The molecule has 1 rings (SSSR count). The van der Waals surface area contributed by atoms with Crippen LogP contribution < -0.4 is 16.0 Å². The number of alkyl carbamates (subject to hydrolysis) is 1. The Kier molecular flexibility index (Phi) is 19.5. The Labute approximate surface area is 221 Å². The van der Waals surface area contributed by atoms with Crippen LogP contribution in [-0.2, 0) is 31.9 Å². The highest BCUT2D eigenvalue weighted by atomic mass is 16.5. The molecule has 11 heteroatoms. The van der Waals surface area contributed by atoms with Crippen LogP contribution in [0.2, 0.25) is 0 Å². The van der Waals surface area contributed by atoms with Crippen LogP contribution >= 0.6 is 0 Å². The van der Waals surface area contributed by atoms with Gasteiger partial charge in [0.15, 0.2) is 0 Å². The molecule has 0 bridgehead atoms. The fraction of sp³-hybridized carbons (Fsp3) is 0.692. The summed E-state index contributed by atoms with van der Waals surface area (Å²) in [6.45, 7) is 8.45. The van der Waals surface area contributed by atoms with Gasteiger partial charge in [-0.15, -0.1) is 0 Å². The molecule has 11 nitrogen and oxygen atoms in total. The fourth-order valence-corrected chi connectivity index (χ4v) is 3.41. The third-order valence-corrected chi connectivity index (χ3v) is 5.37. The zero-order valence-electron chi connectivity index (χ0n) is 23.4. The molecule has 0 radical (unpaired) electrons. The number of aliphatic carboxylic acids is 1. The number of amides is 2. The molecule has 0 saturated carbocycles. The molecular formula is C26H47N5O6. The molecule has 0 aliphatic heterocycles. The Balaban J connectivity index is 0.00000410. The van der Waals surface area contributed by atoms with Crippen molar-refractivity contribution in [3.8, 4) is 0 Å². The molecule has 0 aliphatic rings. The number of methoxy groups -OCH3 is 2. The van der Waals surface area contributed by atoms with Gasteiger partial charge < -0.3 is 35.4 Å². The predicted molar refractivity (Wildman–Crippen MR) is 145 cm³/mol. The summed E-state index contributed by atoms with van der Waals surface area (Å²) in [6.07, 6.45) is 4.38. The van der Waals surface area contributed by atoms with Crippen LogP contribution in [0, 0.1) is 0 Å². The van der Waals surface area contributed by atoms with Gasteiger partial charge in [0.1, 0.15) is 18.4 Å². The molecule has 0 aliphatic carbocycles. The van der Waals surface area contributed by atoms with Crippen LogP contribution in [0.1, 0.15) is 57.7 Å². The van der Waals surface area contributed by atoms with Crippen LogP contribution in [0.3, 0.4) is 0 Å². The number of pyridine rings is 1. The van der Waals surface area contributed by atoms with Crippen LogP contribution in [0.15, 0.2) is 12.1 Å². The van der Waals surface area contributed by atoms with Gasteiger partial charge in [0.05, 0.1) is 13.7 Å². The van der Waals surface area contributed by atoms with Crippen molar-refractivity contribution in [2.45, 2.75) is 65.3 Å². The van der Waals surface area contributed by atoms with Crippen LogP contribution in [0.4, 0.5) is 10.6 Å². The normalized spacial score (nSPS) is 11.2. The lowest BCUT2D eigenvalue weighted by Crippen LogP contribution is -2.47. The second-order valence-electron chi connectivity index (χ2n) is 8.50. The third-order valence-electron chi connectivity index (χ3n) is 5.37. The summed E-state index contributed by atoms with van der Waals surface area (Å²) in [5, 5.41) is 17.3. The average Bonchev–Trinajstić information content (AvgIpc) is 2.89. The van der Waals surface area contributed by atoms with Gasteiger partial charge in [-0.1, -0.05) is 33.3 Å². The monoisotopic (exact) mass is 525 g/mol.